The number of nitrogens with zero attached hydrogens (tertiary/aromatic N) is 3. The van der Waals surface area contributed by atoms with Gasteiger partial charge in [-0.3, -0.25) is 0 Å². The van der Waals surface area contributed by atoms with Crippen LogP contribution < -0.4 is 0 Å². The second kappa shape index (κ2) is 8.47. The zero-order valence-electron chi connectivity index (χ0n) is 13.0. The SMILES string of the molecule is CC.CCN(Cc1ccc(Cl)cc1)C(=O)n1cc(C)cn1. The van der Waals surface area contributed by atoms with Gasteiger partial charge in [-0.1, -0.05) is 37.6 Å². The molecule has 0 saturated heterocycles. The van der Waals surface area contributed by atoms with Crippen LogP contribution in [-0.2, 0) is 6.54 Å². The van der Waals surface area contributed by atoms with Crippen molar-refractivity contribution in [3.63, 3.8) is 0 Å². The van der Waals surface area contributed by atoms with Crippen molar-refractivity contribution in [2.45, 2.75) is 34.2 Å². The summed E-state index contributed by atoms with van der Waals surface area (Å²) in [6.07, 6.45) is 3.40. The first kappa shape index (κ1) is 17.2. The van der Waals surface area contributed by atoms with E-state index in [1.165, 1.54) is 4.68 Å². The van der Waals surface area contributed by atoms with Crippen molar-refractivity contribution in [3.05, 3.63) is 52.8 Å². The standard InChI is InChI=1S/C14H16ClN3O.C2H6/c1-3-17(10-12-4-6-13(15)7-5-12)14(19)18-9-11(2)8-16-18;1-2/h4-9H,3,10H2,1-2H3;1-2H3. The third kappa shape index (κ3) is 4.90. The van der Waals surface area contributed by atoms with E-state index in [1.807, 2.05) is 52.0 Å². The fourth-order valence-corrected chi connectivity index (χ4v) is 1.91. The van der Waals surface area contributed by atoms with Gasteiger partial charge < -0.3 is 4.90 Å². The normalized spacial score (nSPS) is 9.76. The summed E-state index contributed by atoms with van der Waals surface area (Å²) in [6, 6.07) is 7.38. The molecule has 0 saturated carbocycles. The fraction of sp³-hybridized carbons (Fsp3) is 0.375. The molecular weight excluding hydrogens is 286 g/mol. The Morgan fingerprint density at radius 1 is 1.29 bits per heavy atom. The number of aromatic nitrogens is 2. The zero-order valence-corrected chi connectivity index (χ0v) is 13.8. The molecular formula is C16H22ClN3O. The minimum Gasteiger partial charge on any atom is -0.319 e. The Labute approximate surface area is 131 Å². The summed E-state index contributed by atoms with van der Waals surface area (Å²) >= 11 is 5.85. The lowest BCUT2D eigenvalue weighted by molar-refractivity contribution is 0.196. The van der Waals surface area contributed by atoms with Crippen molar-refractivity contribution < 1.29 is 4.79 Å². The molecule has 0 fully saturated rings. The molecule has 5 heteroatoms. The lowest BCUT2D eigenvalue weighted by atomic mass is 10.2. The Kier molecular flexibility index (Phi) is 6.96. The Morgan fingerprint density at radius 3 is 2.38 bits per heavy atom. The molecule has 0 atom stereocenters. The summed E-state index contributed by atoms with van der Waals surface area (Å²) in [7, 11) is 0. The van der Waals surface area contributed by atoms with Crippen LogP contribution in [0, 0.1) is 6.92 Å². The predicted molar refractivity (Wildman–Crippen MR) is 86.6 cm³/mol. The molecule has 1 amide bonds. The van der Waals surface area contributed by atoms with Crippen molar-refractivity contribution in [2.24, 2.45) is 0 Å². The molecule has 0 radical (unpaired) electrons. The molecule has 0 bridgehead atoms. The van der Waals surface area contributed by atoms with Gasteiger partial charge in [-0.25, -0.2) is 4.79 Å². The lowest BCUT2D eigenvalue weighted by Crippen LogP contribution is -2.34. The summed E-state index contributed by atoms with van der Waals surface area (Å²) in [5.74, 6) is 0. The molecule has 114 valence electrons. The lowest BCUT2D eigenvalue weighted by Gasteiger charge is -2.20. The molecule has 1 heterocycles. The van der Waals surface area contributed by atoms with Gasteiger partial charge in [-0.2, -0.15) is 9.78 Å². The predicted octanol–water partition coefficient (Wildman–Crippen LogP) is 4.36. The van der Waals surface area contributed by atoms with Crippen LogP contribution >= 0.6 is 11.6 Å². The van der Waals surface area contributed by atoms with Gasteiger partial charge in [0.2, 0.25) is 0 Å². The number of hydrogen-bond donors (Lipinski definition) is 0. The second-order valence-corrected chi connectivity index (χ2v) is 4.82. The van der Waals surface area contributed by atoms with Gasteiger partial charge in [0, 0.05) is 24.3 Å². The van der Waals surface area contributed by atoms with Crippen molar-refractivity contribution in [3.8, 4) is 0 Å². The molecule has 0 spiro atoms. The van der Waals surface area contributed by atoms with Gasteiger partial charge in [0.25, 0.3) is 0 Å². The summed E-state index contributed by atoms with van der Waals surface area (Å²) in [5, 5.41) is 4.74. The van der Waals surface area contributed by atoms with Gasteiger partial charge >= 0.3 is 6.03 Å². The third-order valence-corrected chi connectivity index (χ3v) is 3.10. The van der Waals surface area contributed by atoms with E-state index in [-0.39, 0.29) is 6.03 Å². The molecule has 1 aromatic heterocycles. The molecule has 21 heavy (non-hydrogen) atoms. The smallest absolute Gasteiger partial charge is 0.319 e. The molecule has 0 N–H and O–H groups in total. The minimum atomic E-state index is -0.120. The second-order valence-electron chi connectivity index (χ2n) is 4.39. The van der Waals surface area contributed by atoms with E-state index < -0.39 is 0 Å². The number of benzene rings is 1. The summed E-state index contributed by atoms with van der Waals surface area (Å²) in [5.41, 5.74) is 2.01. The van der Waals surface area contributed by atoms with Gasteiger partial charge in [-0.05, 0) is 37.1 Å². The van der Waals surface area contributed by atoms with Crippen LogP contribution in [-0.4, -0.2) is 27.3 Å². The summed E-state index contributed by atoms with van der Waals surface area (Å²) < 4.78 is 1.37. The van der Waals surface area contributed by atoms with Gasteiger partial charge in [0.1, 0.15) is 0 Å². The minimum absolute atomic E-state index is 0.120. The summed E-state index contributed by atoms with van der Waals surface area (Å²) in [6.45, 7) is 9.03. The largest absolute Gasteiger partial charge is 0.344 e. The third-order valence-electron chi connectivity index (χ3n) is 2.85. The van der Waals surface area contributed by atoms with Crippen LogP contribution in [0.3, 0.4) is 0 Å². The molecule has 0 aliphatic rings. The maximum atomic E-state index is 12.3. The zero-order chi connectivity index (χ0) is 15.8. The fourth-order valence-electron chi connectivity index (χ4n) is 1.79. The average Bonchev–Trinajstić information content (AvgIpc) is 2.94. The van der Waals surface area contributed by atoms with Crippen LogP contribution in [0.15, 0.2) is 36.7 Å². The van der Waals surface area contributed by atoms with E-state index in [9.17, 15) is 4.79 Å². The molecule has 1 aromatic carbocycles. The van der Waals surface area contributed by atoms with E-state index in [0.717, 1.165) is 11.1 Å². The number of amides is 1. The molecule has 0 aliphatic heterocycles. The molecule has 0 unspecified atom stereocenters. The summed E-state index contributed by atoms with van der Waals surface area (Å²) in [4.78, 5) is 14.0. The maximum Gasteiger partial charge on any atom is 0.344 e. The van der Waals surface area contributed by atoms with E-state index >= 15 is 0 Å². The number of rotatable bonds is 3. The molecule has 2 rings (SSSR count). The first-order valence-corrected chi connectivity index (χ1v) is 7.53. The Balaban J connectivity index is 0.00000106. The number of carbonyl (C=O) groups excluding carboxylic acids is 1. The van der Waals surface area contributed by atoms with Crippen molar-refractivity contribution in [1.29, 1.82) is 0 Å². The average molecular weight is 308 g/mol. The van der Waals surface area contributed by atoms with Crippen molar-refractivity contribution in [2.75, 3.05) is 6.54 Å². The first-order chi connectivity index (χ1) is 10.1. The van der Waals surface area contributed by atoms with E-state index in [0.29, 0.717) is 18.1 Å². The van der Waals surface area contributed by atoms with Crippen LogP contribution in [0.2, 0.25) is 5.02 Å². The highest BCUT2D eigenvalue weighted by atomic mass is 35.5. The highest BCUT2D eigenvalue weighted by Gasteiger charge is 2.14. The van der Waals surface area contributed by atoms with Crippen LogP contribution in [0.5, 0.6) is 0 Å². The Bertz CT molecular complexity index is 563. The monoisotopic (exact) mass is 307 g/mol. The topological polar surface area (TPSA) is 38.1 Å². The van der Waals surface area contributed by atoms with Crippen LogP contribution in [0.4, 0.5) is 4.79 Å². The molecule has 2 aromatic rings. The van der Waals surface area contributed by atoms with Crippen molar-refractivity contribution >= 4 is 17.6 Å². The Hall–Kier alpha value is -1.81. The van der Waals surface area contributed by atoms with E-state index in [1.54, 1.807) is 17.3 Å². The highest BCUT2D eigenvalue weighted by Crippen LogP contribution is 2.12. The van der Waals surface area contributed by atoms with Gasteiger partial charge in [0.15, 0.2) is 0 Å². The number of aryl methyl sites for hydroxylation is 1. The molecule has 0 aliphatic carbocycles. The quantitative estimate of drug-likeness (QED) is 0.845. The van der Waals surface area contributed by atoms with E-state index in [4.69, 9.17) is 11.6 Å². The van der Waals surface area contributed by atoms with Crippen molar-refractivity contribution in [1.82, 2.24) is 14.7 Å². The Morgan fingerprint density at radius 2 is 1.90 bits per heavy atom. The number of hydrogen-bond acceptors (Lipinski definition) is 2. The van der Waals surface area contributed by atoms with Gasteiger partial charge in [-0.15, -0.1) is 0 Å². The molecule has 4 nitrogen and oxygen atoms in total. The van der Waals surface area contributed by atoms with Crippen LogP contribution in [0.1, 0.15) is 31.9 Å². The number of carbonyl (C=O) groups is 1. The number of halogens is 1. The maximum absolute atomic E-state index is 12.3. The van der Waals surface area contributed by atoms with Crippen LogP contribution in [0.25, 0.3) is 0 Å². The highest BCUT2D eigenvalue weighted by molar-refractivity contribution is 6.30. The van der Waals surface area contributed by atoms with Gasteiger partial charge in [0.05, 0.1) is 6.20 Å². The van der Waals surface area contributed by atoms with E-state index in [2.05, 4.69) is 5.10 Å². The first-order valence-electron chi connectivity index (χ1n) is 7.15.